The van der Waals surface area contributed by atoms with Crippen LogP contribution < -0.4 is 5.32 Å². The maximum Gasteiger partial charge on any atom is 0.356 e. The fraction of sp³-hybridized carbons (Fsp3) is 0.111. The first-order chi connectivity index (χ1) is 11.5. The maximum absolute atomic E-state index is 13.6. The minimum absolute atomic E-state index is 0.136. The number of methoxy groups -OCH3 is 1. The van der Waals surface area contributed by atoms with Gasteiger partial charge in [0.25, 0.3) is 0 Å². The average Bonchev–Trinajstić information content (AvgIpc) is 2.57. The van der Waals surface area contributed by atoms with Gasteiger partial charge in [-0.3, -0.25) is 0 Å². The first kappa shape index (κ1) is 16.2. The van der Waals surface area contributed by atoms with Gasteiger partial charge >= 0.3 is 5.97 Å². The third-order valence-corrected chi connectivity index (χ3v) is 4.02. The summed E-state index contributed by atoms with van der Waals surface area (Å²) in [6.07, 6.45) is 0. The van der Waals surface area contributed by atoms with E-state index in [4.69, 9.17) is 16.3 Å². The molecule has 0 spiro atoms. The van der Waals surface area contributed by atoms with Crippen molar-refractivity contribution in [3.05, 3.63) is 64.6 Å². The molecule has 3 aromatic rings. The molecule has 0 aliphatic rings. The van der Waals surface area contributed by atoms with Gasteiger partial charge in [0.1, 0.15) is 5.82 Å². The highest BCUT2D eigenvalue weighted by Crippen LogP contribution is 2.29. The Balaban J connectivity index is 2.14. The smallest absolute Gasteiger partial charge is 0.356 e. The number of carbonyl (C=O) groups is 1. The van der Waals surface area contributed by atoms with E-state index in [2.05, 4.69) is 10.3 Å². The lowest BCUT2D eigenvalue weighted by Gasteiger charge is -2.12. The van der Waals surface area contributed by atoms with Crippen molar-refractivity contribution < 1.29 is 13.9 Å². The molecule has 0 aliphatic carbocycles. The van der Waals surface area contributed by atoms with Crippen molar-refractivity contribution in [3.63, 3.8) is 0 Å². The molecule has 4 nitrogen and oxygen atoms in total. The van der Waals surface area contributed by atoms with Crippen LogP contribution >= 0.6 is 11.6 Å². The van der Waals surface area contributed by atoms with E-state index in [1.165, 1.54) is 31.4 Å². The number of esters is 1. The normalized spacial score (nSPS) is 10.7. The number of aryl methyl sites for hydroxylation is 1. The van der Waals surface area contributed by atoms with Gasteiger partial charge < -0.3 is 10.1 Å². The molecule has 0 amide bonds. The predicted molar refractivity (Wildman–Crippen MR) is 92.5 cm³/mol. The van der Waals surface area contributed by atoms with Gasteiger partial charge in [-0.05, 0) is 48.9 Å². The summed E-state index contributed by atoms with van der Waals surface area (Å²) in [6, 6.07) is 11.2. The fourth-order valence-electron chi connectivity index (χ4n) is 2.34. The van der Waals surface area contributed by atoms with Gasteiger partial charge in [-0.1, -0.05) is 17.7 Å². The molecule has 1 aromatic heterocycles. The molecule has 3 rings (SSSR count). The van der Waals surface area contributed by atoms with E-state index in [9.17, 15) is 9.18 Å². The molecule has 0 aliphatic heterocycles. The molecule has 0 fully saturated rings. The molecule has 122 valence electrons. The van der Waals surface area contributed by atoms with Crippen LogP contribution in [0, 0.1) is 12.7 Å². The number of anilines is 2. The quantitative estimate of drug-likeness (QED) is 0.689. The van der Waals surface area contributed by atoms with E-state index in [1.54, 1.807) is 6.07 Å². The minimum atomic E-state index is -0.564. The molecule has 0 saturated carbocycles. The third-order valence-electron chi connectivity index (χ3n) is 3.62. The molecule has 0 atom stereocenters. The lowest BCUT2D eigenvalue weighted by molar-refractivity contribution is 0.0594. The molecule has 0 unspecified atom stereocenters. The van der Waals surface area contributed by atoms with Crippen LogP contribution in [0.25, 0.3) is 10.9 Å². The zero-order valence-electron chi connectivity index (χ0n) is 13.1. The molecule has 2 aromatic carbocycles. The first-order valence-electron chi connectivity index (χ1n) is 7.20. The Bertz CT molecular complexity index is 944. The topological polar surface area (TPSA) is 51.2 Å². The van der Waals surface area contributed by atoms with E-state index in [-0.39, 0.29) is 11.5 Å². The van der Waals surface area contributed by atoms with E-state index in [1.807, 2.05) is 19.1 Å². The summed E-state index contributed by atoms with van der Waals surface area (Å²) in [4.78, 5) is 16.0. The molecular weight excluding hydrogens is 331 g/mol. The zero-order valence-corrected chi connectivity index (χ0v) is 13.8. The van der Waals surface area contributed by atoms with Crippen molar-refractivity contribution in [3.8, 4) is 0 Å². The maximum atomic E-state index is 13.6. The molecule has 24 heavy (non-hydrogen) atoms. The molecule has 6 heteroatoms. The van der Waals surface area contributed by atoms with E-state index >= 15 is 0 Å². The van der Waals surface area contributed by atoms with Crippen molar-refractivity contribution in [2.75, 3.05) is 12.4 Å². The summed E-state index contributed by atoms with van der Waals surface area (Å²) < 4.78 is 18.4. The van der Waals surface area contributed by atoms with Crippen molar-refractivity contribution in [2.24, 2.45) is 0 Å². The van der Waals surface area contributed by atoms with Gasteiger partial charge in [0.15, 0.2) is 5.69 Å². The van der Waals surface area contributed by atoms with Crippen molar-refractivity contribution in [2.45, 2.75) is 6.92 Å². The highest BCUT2D eigenvalue weighted by molar-refractivity contribution is 6.31. The Morgan fingerprint density at radius 3 is 2.71 bits per heavy atom. The molecule has 0 radical (unpaired) electrons. The zero-order chi connectivity index (χ0) is 17.3. The number of hydrogen-bond donors (Lipinski definition) is 1. The van der Waals surface area contributed by atoms with Gasteiger partial charge in [-0.25, -0.2) is 14.2 Å². The SMILES string of the molecule is COC(=O)c1cc(Nc2ccc(C)c(Cl)c2)c2cc(F)ccc2n1. The second-order valence-corrected chi connectivity index (χ2v) is 5.70. The second kappa shape index (κ2) is 6.45. The molecule has 0 bridgehead atoms. The number of aromatic nitrogens is 1. The van der Waals surface area contributed by atoms with Crippen LogP contribution in [0.5, 0.6) is 0 Å². The number of carbonyl (C=O) groups excluding carboxylic acids is 1. The van der Waals surface area contributed by atoms with E-state index in [0.29, 0.717) is 21.6 Å². The third kappa shape index (κ3) is 3.16. The Morgan fingerprint density at radius 1 is 1.21 bits per heavy atom. The number of hydrogen-bond acceptors (Lipinski definition) is 4. The second-order valence-electron chi connectivity index (χ2n) is 5.30. The van der Waals surface area contributed by atoms with Crippen LogP contribution in [-0.2, 0) is 4.74 Å². The number of fused-ring (bicyclic) bond motifs is 1. The number of ether oxygens (including phenoxy) is 1. The fourth-order valence-corrected chi connectivity index (χ4v) is 2.52. The van der Waals surface area contributed by atoms with Crippen molar-refractivity contribution in [1.29, 1.82) is 0 Å². The standard InChI is InChI=1S/C18H14ClFN2O2/c1-10-3-5-12(8-14(10)19)21-16-9-17(18(23)24-2)22-15-6-4-11(20)7-13(15)16/h3-9H,1-2H3,(H,21,22). The molecular formula is C18H14ClFN2O2. The van der Waals surface area contributed by atoms with Gasteiger partial charge in [-0.15, -0.1) is 0 Å². The minimum Gasteiger partial charge on any atom is -0.464 e. The van der Waals surface area contributed by atoms with Crippen LogP contribution in [0.1, 0.15) is 16.1 Å². The Hall–Kier alpha value is -2.66. The van der Waals surface area contributed by atoms with Crippen LogP contribution in [0.3, 0.4) is 0 Å². The highest BCUT2D eigenvalue weighted by Gasteiger charge is 2.13. The van der Waals surface area contributed by atoms with E-state index < -0.39 is 5.97 Å². The van der Waals surface area contributed by atoms with Gasteiger partial charge in [0, 0.05) is 16.1 Å². The lowest BCUT2D eigenvalue weighted by Crippen LogP contribution is -2.06. The average molecular weight is 345 g/mol. The van der Waals surface area contributed by atoms with Crippen LogP contribution in [-0.4, -0.2) is 18.1 Å². The summed E-state index contributed by atoms with van der Waals surface area (Å²) in [5, 5.41) is 4.33. The Labute approximate surface area is 143 Å². The Morgan fingerprint density at radius 2 is 2.00 bits per heavy atom. The number of nitrogens with one attached hydrogen (secondary N) is 1. The van der Waals surface area contributed by atoms with Crippen LogP contribution in [0.15, 0.2) is 42.5 Å². The van der Waals surface area contributed by atoms with Crippen LogP contribution in [0.4, 0.5) is 15.8 Å². The van der Waals surface area contributed by atoms with Gasteiger partial charge in [0.2, 0.25) is 0 Å². The van der Waals surface area contributed by atoms with E-state index in [0.717, 1.165) is 11.3 Å². The van der Waals surface area contributed by atoms with Gasteiger partial charge in [0.05, 0.1) is 18.3 Å². The predicted octanol–water partition coefficient (Wildman–Crippen LogP) is 4.87. The summed E-state index contributed by atoms with van der Waals surface area (Å²) in [6.45, 7) is 1.90. The number of pyridine rings is 1. The summed E-state index contributed by atoms with van der Waals surface area (Å²) in [5.41, 5.74) is 2.83. The summed E-state index contributed by atoms with van der Waals surface area (Å²) in [5.74, 6) is -0.952. The highest BCUT2D eigenvalue weighted by atomic mass is 35.5. The van der Waals surface area contributed by atoms with Crippen molar-refractivity contribution in [1.82, 2.24) is 4.98 Å². The molecule has 1 N–H and O–H groups in total. The Kier molecular flexibility index (Phi) is 4.36. The first-order valence-corrected chi connectivity index (χ1v) is 7.57. The largest absolute Gasteiger partial charge is 0.464 e. The molecule has 0 saturated heterocycles. The van der Waals surface area contributed by atoms with Crippen LogP contribution in [0.2, 0.25) is 5.02 Å². The number of nitrogens with zero attached hydrogens (tertiary/aromatic N) is 1. The molecule has 1 heterocycles. The lowest BCUT2D eigenvalue weighted by atomic mass is 10.1. The summed E-state index contributed by atoms with van der Waals surface area (Å²) in [7, 11) is 1.28. The number of halogens is 2. The van der Waals surface area contributed by atoms with Crippen molar-refractivity contribution >= 4 is 39.8 Å². The number of benzene rings is 2. The number of rotatable bonds is 3. The monoisotopic (exact) mass is 344 g/mol. The summed E-state index contributed by atoms with van der Waals surface area (Å²) >= 11 is 6.14. The van der Waals surface area contributed by atoms with Gasteiger partial charge in [-0.2, -0.15) is 0 Å².